The van der Waals surface area contributed by atoms with Crippen LogP contribution in [0, 0.1) is 0 Å². The molecule has 1 N–H and O–H groups in total. The quantitative estimate of drug-likeness (QED) is 0.916. The van der Waals surface area contributed by atoms with Crippen LogP contribution < -0.4 is 10.2 Å². The van der Waals surface area contributed by atoms with Gasteiger partial charge < -0.3 is 14.8 Å². The molecule has 1 unspecified atom stereocenters. The number of para-hydroxylation sites is 2. The third kappa shape index (κ3) is 2.45. The van der Waals surface area contributed by atoms with E-state index in [9.17, 15) is 0 Å². The second kappa shape index (κ2) is 5.21. The van der Waals surface area contributed by atoms with Crippen molar-refractivity contribution >= 4 is 17.0 Å². The molecule has 1 aliphatic rings. The van der Waals surface area contributed by atoms with E-state index in [-0.39, 0.29) is 0 Å². The fourth-order valence-electron chi connectivity index (χ4n) is 2.97. The molecular formula is C15H22N4. The molecule has 2 heterocycles. The lowest BCUT2D eigenvalue weighted by Crippen LogP contribution is -2.43. The average molecular weight is 258 g/mol. The average Bonchev–Trinajstić information content (AvgIpc) is 2.78. The Hall–Kier alpha value is -1.55. The molecule has 102 valence electrons. The molecule has 3 rings (SSSR count). The Morgan fingerprint density at radius 2 is 2.21 bits per heavy atom. The molecule has 0 saturated carbocycles. The second-order valence-electron chi connectivity index (χ2n) is 5.49. The normalized spacial score (nSPS) is 19.8. The Morgan fingerprint density at radius 3 is 2.95 bits per heavy atom. The minimum atomic E-state index is 0.596. The number of fused-ring (bicyclic) bond motifs is 1. The van der Waals surface area contributed by atoms with E-state index in [1.165, 1.54) is 24.8 Å². The van der Waals surface area contributed by atoms with Crippen molar-refractivity contribution in [1.29, 1.82) is 0 Å². The SMILES string of the molecule is CN(CC1CCCCN1)c1nc2ccccc2n1C. The highest BCUT2D eigenvalue weighted by atomic mass is 15.3. The smallest absolute Gasteiger partial charge is 0.206 e. The van der Waals surface area contributed by atoms with Crippen LogP contribution in [0.4, 0.5) is 5.95 Å². The van der Waals surface area contributed by atoms with Crippen LogP contribution in [-0.4, -0.2) is 35.7 Å². The lowest BCUT2D eigenvalue weighted by Gasteiger charge is -2.28. The molecule has 0 aliphatic carbocycles. The number of likely N-dealkylation sites (N-methyl/N-ethyl adjacent to an activating group) is 1. The second-order valence-corrected chi connectivity index (χ2v) is 5.49. The number of aromatic nitrogens is 2. The standard InChI is InChI=1S/C15H22N4/c1-18(11-12-7-5-6-10-16-12)15-17-13-8-3-4-9-14(13)19(15)2/h3-4,8-9,12,16H,5-7,10-11H2,1-2H3. The van der Waals surface area contributed by atoms with Gasteiger partial charge in [-0.25, -0.2) is 4.98 Å². The number of piperidine rings is 1. The largest absolute Gasteiger partial charge is 0.344 e. The van der Waals surface area contributed by atoms with Gasteiger partial charge in [-0.05, 0) is 31.5 Å². The van der Waals surface area contributed by atoms with E-state index < -0.39 is 0 Å². The first-order valence-corrected chi connectivity index (χ1v) is 7.11. The highest BCUT2D eigenvalue weighted by Crippen LogP contribution is 2.20. The van der Waals surface area contributed by atoms with Gasteiger partial charge in [-0.15, -0.1) is 0 Å². The molecule has 1 atom stereocenters. The Balaban J connectivity index is 1.80. The van der Waals surface area contributed by atoms with Gasteiger partial charge in [0.15, 0.2) is 0 Å². The van der Waals surface area contributed by atoms with Gasteiger partial charge in [0.25, 0.3) is 0 Å². The van der Waals surface area contributed by atoms with Crippen molar-refractivity contribution < 1.29 is 0 Å². The minimum absolute atomic E-state index is 0.596. The Morgan fingerprint density at radius 1 is 1.37 bits per heavy atom. The number of anilines is 1. The van der Waals surface area contributed by atoms with Crippen molar-refractivity contribution in [2.75, 3.05) is 25.0 Å². The zero-order chi connectivity index (χ0) is 13.2. The molecule has 1 saturated heterocycles. The Kier molecular flexibility index (Phi) is 3.42. The van der Waals surface area contributed by atoms with Gasteiger partial charge in [0, 0.05) is 26.7 Å². The van der Waals surface area contributed by atoms with E-state index in [1.54, 1.807) is 0 Å². The van der Waals surface area contributed by atoms with Gasteiger partial charge in [-0.3, -0.25) is 0 Å². The number of nitrogens with one attached hydrogen (secondary N) is 1. The van der Waals surface area contributed by atoms with Gasteiger partial charge in [0.05, 0.1) is 11.0 Å². The maximum atomic E-state index is 4.74. The monoisotopic (exact) mass is 258 g/mol. The molecule has 4 nitrogen and oxygen atoms in total. The van der Waals surface area contributed by atoms with Crippen molar-refractivity contribution in [3.8, 4) is 0 Å². The first-order valence-electron chi connectivity index (χ1n) is 7.11. The number of imidazole rings is 1. The lowest BCUT2D eigenvalue weighted by atomic mass is 10.0. The van der Waals surface area contributed by atoms with E-state index >= 15 is 0 Å². The molecule has 19 heavy (non-hydrogen) atoms. The van der Waals surface area contributed by atoms with E-state index in [0.717, 1.165) is 24.6 Å². The van der Waals surface area contributed by atoms with Crippen molar-refractivity contribution in [3.63, 3.8) is 0 Å². The zero-order valence-corrected chi connectivity index (χ0v) is 11.8. The van der Waals surface area contributed by atoms with Crippen LogP contribution >= 0.6 is 0 Å². The van der Waals surface area contributed by atoms with Crippen LogP contribution in [0.25, 0.3) is 11.0 Å². The third-order valence-electron chi connectivity index (χ3n) is 4.01. The lowest BCUT2D eigenvalue weighted by molar-refractivity contribution is 0.402. The topological polar surface area (TPSA) is 33.1 Å². The highest BCUT2D eigenvalue weighted by Gasteiger charge is 2.17. The number of hydrogen-bond donors (Lipinski definition) is 1. The van der Waals surface area contributed by atoms with Crippen LogP contribution in [0.3, 0.4) is 0 Å². The van der Waals surface area contributed by atoms with Crippen molar-refractivity contribution in [2.45, 2.75) is 25.3 Å². The molecule has 1 aromatic heterocycles. The zero-order valence-electron chi connectivity index (χ0n) is 11.8. The predicted octanol–water partition coefficient (Wildman–Crippen LogP) is 2.15. The number of benzene rings is 1. The van der Waals surface area contributed by atoms with Crippen LogP contribution in [0.1, 0.15) is 19.3 Å². The summed E-state index contributed by atoms with van der Waals surface area (Å²) in [7, 11) is 4.23. The summed E-state index contributed by atoms with van der Waals surface area (Å²) in [5.74, 6) is 1.05. The van der Waals surface area contributed by atoms with Crippen LogP contribution in [-0.2, 0) is 7.05 Å². The molecule has 2 aromatic rings. The van der Waals surface area contributed by atoms with Crippen molar-refractivity contribution in [1.82, 2.24) is 14.9 Å². The summed E-state index contributed by atoms with van der Waals surface area (Å²) in [4.78, 5) is 7.01. The predicted molar refractivity (Wildman–Crippen MR) is 79.6 cm³/mol. The number of nitrogens with zero attached hydrogens (tertiary/aromatic N) is 3. The summed E-state index contributed by atoms with van der Waals surface area (Å²) in [6, 6.07) is 8.90. The summed E-state index contributed by atoms with van der Waals surface area (Å²) in [5.41, 5.74) is 2.27. The van der Waals surface area contributed by atoms with E-state index in [4.69, 9.17) is 4.98 Å². The van der Waals surface area contributed by atoms with Crippen LogP contribution in [0.15, 0.2) is 24.3 Å². The fraction of sp³-hybridized carbons (Fsp3) is 0.533. The van der Waals surface area contributed by atoms with E-state index in [1.807, 2.05) is 6.07 Å². The van der Waals surface area contributed by atoms with Crippen molar-refractivity contribution in [2.24, 2.45) is 7.05 Å². The number of rotatable bonds is 3. The summed E-state index contributed by atoms with van der Waals surface area (Å²) < 4.78 is 2.18. The molecule has 1 aromatic carbocycles. The molecule has 0 bridgehead atoms. The van der Waals surface area contributed by atoms with Gasteiger partial charge >= 0.3 is 0 Å². The van der Waals surface area contributed by atoms with E-state index in [2.05, 4.69) is 47.1 Å². The molecule has 4 heteroatoms. The molecular weight excluding hydrogens is 236 g/mol. The van der Waals surface area contributed by atoms with Gasteiger partial charge in [0.2, 0.25) is 5.95 Å². The first kappa shape index (κ1) is 12.5. The molecule has 1 fully saturated rings. The van der Waals surface area contributed by atoms with Gasteiger partial charge in [-0.1, -0.05) is 18.6 Å². The van der Waals surface area contributed by atoms with Crippen LogP contribution in [0.2, 0.25) is 0 Å². The molecule has 0 amide bonds. The third-order valence-corrected chi connectivity index (χ3v) is 4.01. The van der Waals surface area contributed by atoms with Gasteiger partial charge in [-0.2, -0.15) is 0 Å². The van der Waals surface area contributed by atoms with E-state index in [0.29, 0.717) is 6.04 Å². The first-order chi connectivity index (χ1) is 9.25. The fourth-order valence-corrected chi connectivity index (χ4v) is 2.97. The molecule has 0 spiro atoms. The number of hydrogen-bond acceptors (Lipinski definition) is 3. The maximum Gasteiger partial charge on any atom is 0.206 e. The molecule has 1 aliphatic heterocycles. The maximum absolute atomic E-state index is 4.74. The van der Waals surface area contributed by atoms with Crippen LogP contribution in [0.5, 0.6) is 0 Å². The summed E-state index contributed by atoms with van der Waals surface area (Å²) in [6.45, 7) is 2.18. The summed E-state index contributed by atoms with van der Waals surface area (Å²) in [6.07, 6.45) is 3.93. The van der Waals surface area contributed by atoms with Crippen molar-refractivity contribution in [3.05, 3.63) is 24.3 Å². The summed E-state index contributed by atoms with van der Waals surface area (Å²) in [5, 5.41) is 3.59. The van der Waals surface area contributed by atoms with Gasteiger partial charge in [0.1, 0.15) is 0 Å². The summed E-state index contributed by atoms with van der Waals surface area (Å²) >= 11 is 0. The highest BCUT2D eigenvalue weighted by molar-refractivity contribution is 5.78. The minimum Gasteiger partial charge on any atom is -0.344 e. The molecule has 0 radical (unpaired) electrons. The Bertz CT molecular complexity index is 554. The Labute approximate surface area is 114 Å². The number of aryl methyl sites for hydroxylation is 1.